The van der Waals surface area contributed by atoms with Gasteiger partial charge in [-0.1, -0.05) is 26.7 Å². The molecule has 32 heavy (non-hydrogen) atoms. The Morgan fingerprint density at radius 1 is 1.00 bits per heavy atom. The SMILES string of the molecule is CC#Cc1cc(C)c(C2C(=O)CC(C3CN(C(=O)NC(=O)C(C)(C)C)C3)CC2=O)c(C)c1. The van der Waals surface area contributed by atoms with Crippen LogP contribution in [0.5, 0.6) is 0 Å². The summed E-state index contributed by atoms with van der Waals surface area (Å²) in [5.74, 6) is 4.84. The number of benzene rings is 1. The van der Waals surface area contributed by atoms with Crippen molar-refractivity contribution in [2.45, 2.75) is 60.3 Å². The summed E-state index contributed by atoms with van der Waals surface area (Å²) < 4.78 is 0. The molecule has 1 aliphatic carbocycles. The Bertz CT molecular complexity index is 991. The first-order valence-electron chi connectivity index (χ1n) is 11.1. The van der Waals surface area contributed by atoms with E-state index in [1.54, 1.807) is 32.6 Å². The van der Waals surface area contributed by atoms with Crippen LogP contribution in [0.3, 0.4) is 0 Å². The number of urea groups is 1. The van der Waals surface area contributed by atoms with Gasteiger partial charge in [-0.25, -0.2) is 4.79 Å². The minimum absolute atomic E-state index is 0.0439. The summed E-state index contributed by atoms with van der Waals surface area (Å²) in [5, 5.41) is 2.42. The van der Waals surface area contributed by atoms with Gasteiger partial charge < -0.3 is 4.90 Å². The number of aryl methyl sites for hydroxylation is 2. The lowest BCUT2D eigenvalue weighted by Crippen LogP contribution is -2.58. The lowest BCUT2D eigenvalue weighted by molar-refractivity contribution is -0.135. The van der Waals surface area contributed by atoms with E-state index in [1.165, 1.54) is 0 Å². The summed E-state index contributed by atoms with van der Waals surface area (Å²) in [6.45, 7) is 11.8. The quantitative estimate of drug-likeness (QED) is 0.568. The third-order valence-electron chi connectivity index (χ3n) is 6.49. The van der Waals surface area contributed by atoms with Crippen LogP contribution >= 0.6 is 0 Å². The number of hydrogen-bond acceptors (Lipinski definition) is 4. The van der Waals surface area contributed by atoms with Crippen molar-refractivity contribution in [3.8, 4) is 11.8 Å². The number of nitrogens with zero attached hydrogens (tertiary/aromatic N) is 1. The van der Waals surface area contributed by atoms with Crippen LogP contribution in [0.4, 0.5) is 4.79 Å². The lowest BCUT2D eigenvalue weighted by Gasteiger charge is -2.44. The van der Waals surface area contributed by atoms with Gasteiger partial charge in [-0.15, -0.1) is 5.92 Å². The molecule has 0 radical (unpaired) electrons. The number of nitrogens with one attached hydrogen (secondary N) is 1. The summed E-state index contributed by atoms with van der Waals surface area (Å²) in [5.41, 5.74) is 2.90. The molecule has 0 spiro atoms. The first kappa shape index (κ1) is 23.7. The summed E-state index contributed by atoms with van der Waals surface area (Å²) in [6, 6.07) is 3.47. The molecule has 3 amide bonds. The molecular formula is C26H32N2O4. The number of Topliss-reactive ketones (excluding diaryl/α,β-unsaturated/α-hetero) is 2. The van der Waals surface area contributed by atoms with Crippen LogP contribution < -0.4 is 5.32 Å². The van der Waals surface area contributed by atoms with Gasteiger partial charge in [-0.3, -0.25) is 19.7 Å². The normalized spacial score (nSPS) is 21.5. The van der Waals surface area contributed by atoms with Crippen LogP contribution in [0.2, 0.25) is 0 Å². The molecule has 0 atom stereocenters. The van der Waals surface area contributed by atoms with Crippen LogP contribution in [0.1, 0.15) is 68.7 Å². The third-order valence-corrected chi connectivity index (χ3v) is 6.49. The molecule has 6 nitrogen and oxygen atoms in total. The molecular weight excluding hydrogens is 404 g/mol. The second kappa shape index (κ2) is 8.90. The number of rotatable bonds is 2. The molecule has 1 N–H and O–H groups in total. The Morgan fingerprint density at radius 3 is 2.00 bits per heavy atom. The second-order valence-electron chi connectivity index (χ2n) is 10.1. The van der Waals surface area contributed by atoms with E-state index in [1.807, 2.05) is 26.0 Å². The number of likely N-dealkylation sites (tertiary alicyclic amines) is 1. The topological polar surface area (TPSA) is 83.6 Å². The summed E-state index contributed by atoms with van der Waals surface area (Å²) in [4.78, 5) is 52.0. The van der Waals surface area contributed by atoms with E-state index < -0.39 is 17.4 Å². The average Bonchev–Trinajstić information content (AvgIpc) is 2.61. The molecule has 1 saturated carbocycles. The average molecular weight is 437 g/mol. The van der Waals surface area contributed by atoms with Crippen molar-refractivity contribution in [3.63, 3.8) is 0 Å². The minimum atomic E-state index is -0.709. The van der Waals surface area contributed by atoms with Crippen LogP contribution in [0, 0.1) is 42.9 Å². The zero-order valence-corrected chi connectivity index (χ0v) is 19.8. The van der Waals surface area contributed by atoms with E-state index in [0.717, 1.165) is 22.3 Å². The number of hydrogen-bond donors (Lipinski definition) is 1. The van der Waals surface area contributed by atoms with Crippen molar-refractivity contribution in [2.24, 2.45) is 17.3 Å². The van der Waals surface area contributed by atoms with E-state index in [9.17, 15) is 19.2 Å². The highest BCUT2D eigenvalue weighted by atomic mass is 16.2. The van der Waals surface area contributed by atoms with Gasteiger partial charge in [0.15, 0.2) is 0 Å². The van der Waals surface area contributed by atoms with Gasteiger partial charge in [0.2, 0.25) is 5.91 Å². The predicted octanol–water partition coefficient (Wildman–Crippen LogP) is 3.52. The maximum Gasteiger partial charge on any atom is 0.324 e. The molecule has 1 heterocycles. The summed E-state index contributed by atoms with van der Waals surface area (Å²) in [6.07, 6.45) is 0.680. The first-order chi connectivity index (χ1) is 14.9. The van der Waals surface area contributed by atoms with Crippen LogP contribution in [0.25, 0.3) is 0 Å². The Hall–Kier alpha value is -2.94. The van der Waals surface area contributed by atoms with E-state index in [-0.39, 0.29) is 29.3 Å². The van der Waals surface area contributed by atoms with Gasteiger partial charge in [0, 0.05) is 36.9 Å². The fourth-order valence-corrected chi connectivity index (χ4v) is 4.65. The number of carbonyl (C=O) groups excluding carboxylic acids is 4. The Labute approximate surface area is 190 Å². The molecule has 6 heteroatoms. The predicted molar refractivity (Wildman–Crippen MR) is 122 cm³/mol. The number of amides is 3. The van der Waals surface area contributed by atoms with Crippen molar-refractivity contribution in [1.82, 2.24) is 10.2 Å². The van der Waals surface area contributed by atoms with Crippen molar-refractivity contribution in [3.05, 3.63) is 34.4 Å². The second-order valence-corrected chi connectivity index (χ2v) is 10.1. The van der Waals surface area contributed by atoms with Gasteiger partial charge in [-0.05, 0) is 61.4 Å². The molecule has 0 aromatic heterocycles. The van der Waals surface area contributed by atoms with Crippen LogP contribution in [-0.4, -0.2) is 41.5 Å². The maximum absolute atomic E-state index is 13.1. The van der Waals surface area contributed by atoms with E-state index in [0.29, 0.717) is 25.9 Å². The summed E-state index contributed by atoms with van der Waals surface area (Å²) in [7, 11) is 0. The van der Waals surface area contributed by atoms with Crippen molar-refractivity contribution in [1.29, 1.82) is 0 Å². The first-order valence-corrected chi connectivity index (χ1v) is 11.1. The van der Waals surface area contributed by atoms with Gasteiger partial charge in [-0.2, -0.15) is 0 Å². The number of ketones is 2. The molecule has 0 bridgehead atoms. The Morgan fingerprint density at radius 2 is 1.53 bits per heavy atom. The molecule has 1 saturated heterocycles. The van der Waals surface area contributed by atoms with Gasteiger partial charge in [0.25, 0.3) is 0 Å². The smallest absolute Gasteiger partial charge is 0.324 e. The van der Waals surface area contributed by atoms with E-state index in [4.69, 9.17) is 0 Å². The number of carbonyl (C=O) groups is 4. The largest absolute Gasteiger partial charge is 0.324 e. The standard InChI is InChI=1S/C26H32N2O4/c1-7-8-17-9-15(2)22(16(3)10-17)23-20(29)11-18(12-21(23)30)19-13-28(14-19)25(32)27-24(31)26(4,5)6/h9-10,18-19,23H,11-14H2,1-6H3,(H,27,31,32). The highest BCUT2D eigenvalue weighted by Gasteiger charge is 2.45. The van der Waals surface area contributed by atoms with Gasteiger partial charge in [0.05, 0.1) is 0 Å². The molecule has 170 valence electrons. The lowest BCUT2D eigenvalue weighted by atomic mass is 9.69. The van der Waals surface area contributed by atoms with Crippen molar-refractivity contribution in [2.75, 3.05) is 13.1 Å². The highest BCUT2D eigenvalue weighted by Crippen LogP contribution is 2.39. The zero-order valence-electron chi connectivity index (χ0n) is 19.8. The van der Waals surface area contributed by atoms with Gasteiger partial charge in [0.1, 0.15) is 17.5 Å². The molecule has 0 unspecified atom stereocenters. The number of imide groups is 1. The fraction of sp³-hybridized carbons (Fsp3) is 0.538. The molecule has 3 rings (SSSR count). The van der Waals surface area contributed by atoms with Crippen molar-refractivity contribution >= 4 is 23.5 Å². The highest BCUT2D eigenvalue weighted by molar-refractivity contribution is 6.10. The fourth-order valence-electron chi connectivity index (χ4n) is 4.65. The Balaban J connectivity index is 1.64. The molecule has 1 aromatic rings. The molecule has 1 aliphatic heterocycles. The zero-order chi connectivity index (χ0) is 23.8. The monoisotopic (exact) mass is 436 g/mol. The Kier molecular flexibility index (Phi) is 6.59. The third kappa shape index (κ3) is 4.77. The van der Waals surface area contributed by atoms with Gasteiger partial charge >= 0.3 is 6.03 Å². The minimum Gasteiger partial charge on any atom is -0.324 e. The van der Waals surface area contributed by atoms with Crippen LogP contribution in [0.15, 0.2) is 12.1 Å². The van der Waals surface area contributed by atoms with Crippen LogP contribution in [-0.2, 0) is 14.4 Å². The molecule has 2 aliphatic rings. The molecule has 2 fully saturated rings. The van der Waals surface area contributed by atoms with Crippen molar-refractivity contribution < 1.29 is 19.2 Å². The van der Waals surface area contributed by atoms with E-state index >= 15 is 0 Å². The molecule has 1 aromatic carbocycles. The van der Waals surface area contributed by atoms with E-state index in [2.05, 4.69) is 17.2 Å². The maximum atomic E-state index is 13.1. The summed E-state index contributed by atoms with van der Waals surface area (Å²) >= 11 is 0.